The predicted molar refractivity (Wildman–Crippen MR) is 94.0 cm³/mol. The largest absolute Gasteiger partial charge is 0.356 e. The van der Waals surface area contributed by atoms with E-state index in [1.54, 1.807) is 30.7 Å². The van der Waals surface area contributed by atoms with Crippen molar-refractivity contribution in [3.05, 3.63) is 52.0 Å². The molecule has 1 aliphatic rings. The summed E-state index contributed by atoms with van der Waals surface area (Å²) in [7, 11) is 0. The minimum absolute atomic E-state index is 0.0983. The normalized spacial score (nSPS) is 13.2. The summed E-state index contributed by atoms with van der Waals surface area (Å²) in [5.74, 6) is -0.702. The Hall–Kier alpha value is -2.48. The standard InChI is InChI=1S/C17H17BrN4O3/c18-11-3-4-13-14(8-11)17(25)22(16(13)24)7-1-2-15(23)20-6-5-12-9-19-10-21-12/h3-4,8-10H,1-2,5-7H2,(H,19,21)(H,20,23). The maximum absolute atomic E-state index is 12.3. The number of halogens is 1. The predicted octanol–water partition coefficient (Wildman–Crippen LogP) is 1.91. The zero-order valence-electron chi connectivity index (χ0n) is 13.4. The Morgan fingerprint density at radius 2 is 2.04 bits per heavy atom. The van der Waals surface area contributed by atoms with Gasteiger partial charge in [-0.3, -0.25) is 19.3 Å². The van der Waals surface area contributed by atoms with E-state index in [0.717, 1.165) is 10.2 Å². The van der Waals surface area contributed by atoms with Crippen LogP contribution in [0.2, 0.25) is 0 Å². The third-order valence-corrected chi connectivity index (χ3v) is 4.48. The van der Waals surface area contributed by atoms with Crippen molar-refractivity contribution in [2.75, 3.05) is 13.1 Å². The molecule has 2 aromatic rings. The molecule has 0 saturated carbocycles. The van der Waals surface area contributed by atoms with Crippen LogP contribution in [0.4, 0.5) is 0 Å². The van der Waals surface area contributed by atoms with E-state index < -0.39 is 0 Å². The lowest BCUT2D eigenvalue weighted by Crippen LogP contribution is -2.32. The maximum Gasteiger partial charge on any atom is 0.261 e. The van der Waals surface area contributed by atoms with Gasteiger partial charge in [-0.1, -0.05) is 15.9 Å². The molecule has 3 amide bonds. The molecule has 0 aliphatic carbocycles. The average Bonchev–Trinajstić information content (AvgIpc) is 3.18. The number of carbonyl (C=O) groups excluding carboxylic acids is 3. The molecule has 0 spiro atoms. The monoisotopic (exact) mass is 404 g/mol. The summed E-state index contributed by atoms with van der Waals surface area (Å²) >= 11 is 3.30. The van der Waals surface area contributed by atoms with Gasteiger partial charge in [0.1, 0.15) is 0 Å². The lowest BCUT2D eigenvalue weighted by Gasteiger charge is -2.13. The smallest absolute Gasteiger partial charge is 0.261 e. The lowest BCUT2D eigenvalue weighted by molar-refractivity contribution is -0.121. The number of carbonyl (C=O) groups is 3. The molecule has 0 bridgehead atoms. The van der Waals surface area contributed by atoms with Crippen LogP contribution in [-0.4, -0.2) is 45.7 Å². The minimum Gasteiger partial charge on any atom is -0.356 e. The second-order valence-electron chi connectivity index (χ2n) is 5.73. The molecular weight excluding hydrogens is 388 g/mol. The first kappa shape index (κ1) is 17.3. The number of rotatable bonds is 7. The zero-order valence-corrected chi connectivity index (χ0v) is 15.0. The quantitative estimate of drug-likeness (QED) is 0.688. The third kappa shape index (κ3) is 3.96. The number of imide groups is 1. The molecule has 130 valence electrons. The zero-order chi connectivity index (χ0) is 17.8. The van der Waals surface area contributed by atoms with E-state index in [9.17, 15) is 14.4 Å². The van der Waals surface area contributed by atoms with Crippen molar-refractivity contribution in [1.82, 2.24) is 20.2 Å². The second-order valence-corrected chi connectivity index (χ2v) is 6.65. The van der Waals surface area contributed by atoms with Gasteiger partial charge in [-0.05, 0) is 24.6 Å². The van der Waals surface area contributed by atoms with Gasteiger partial charge in [0.15, 0.2) is 0 Å². The van der Waals surface area contributed by atoms with Gasteiger partial charge in [-0.25, -0.2) is 4.98 Å². The highest BCUT2D eigenvalue weighted by molar-refractivity contribution is 9.10. The van der Waals surface area contributed by atoms with Crippen molar-refractivity contribution < 1.29 is 14.4 Å². The molecule has 0 fully saturated rings. The Labute approximate surface area is 152 Å². The van der Waals surface area contributed by atoms with E-state index in [0.29, 0.717) is 30.5 Å². The number of H-pyrrole nitrogens is 1. The van der Waals surface area contributed by atoms with Gasteiger partial charge >= 0.3 is 0 Å². The molecule has 2 heterocycles. The van der Waals surface area contributed by atoms with Gasteiger partial charge < -0.3 is 10.3 Å². The number of nitrogens with one attached hydrogen (secondary N) is 2. The van der Waals surface area contributed by atoms with Crippen LogP contribution >= 0.6 is 15.9 Å². The Morgan fingerprint density at radius 3 is 2.80 bits per heavy atom. The molecule has 1 aromatic carbocycles. The van der Waals surface area contributed by atoms with E-state index in [4.69, 9.17) is 0 Å². The van der Waals surface area contributed by atoms with Crippen molar-refractivity contribution in [3.63, 3.8) is 0 Å². The van der Waals surface area contributed by atoms with Crippen LogP contribution in [-0.2, 0) is 11.2 Å². The van der Waals surface area contributed by atoms with Gasteiger partial charge in [-0.2, -0.15) is 0 Å². The number of amides is 3. The third-order valence-electron chi connectivity index (χ3n) is 3.99. The number of fused-ring (bicyclic) bond motifs is 1. The van der Waals surface area contributed by atoms with Crippen molar-refractivity contribution in [1.29, 1.82) is 0 Å². The van der Waals surface area contributed by atoms with Gasteiger partial charge in [-0.15, -0.1) is 0 Å². The van der Waals surface area contributed by atoms with E-state index in [1.807, 2.05) is 0 Å². The number of aromatic nitrogens is 2. The highest BCUT2D eigenvalue weighted by Crippen LogP contribution is 2.26. The fourth-order valence-corrected chi connectivity index (χ4v) is 3.07. The summed E-state index contributed by atoms with van der Waals surface area (Å²) in [4.78, 5) is 44.5. The molecule has 0 saturated heterocycles. The van der Waals surface area contributed by atoms with E-state index in [1.165, 1.54) is 4.90 Å². The molecule has 3 rings (SSSR count). The van der Waals surface area contributed by atoms with Crippen LogP contribution in [0, 0.1) is 0 Å². The van der Waals surface area contributed by atoms with Crippen molar-refractivity contribution in [2.45, 2.75) is 19.3 Å². The number of imidazole rings is 1. The Morgan fingerprint density at radius 1 is 1.24 bits per heavy atom. The summed E-state index contributed by atoms with van der Waals surface area (Å²) in [6, 6.07) is 5.03. The molecule has 8 heteroatoms. The first-order valence-electron chi connectivity index (χ1n) is 7.96. The van der Waals surface area contributed by atoms with Crippen LogP contribution in [0.15, 0.2) is 35.2 Å². The highest BCUT2D eigenvalue weighted by atomic mass is 79.9. The number of hydrogen-bond donors (Lipinski definition) is 2. The molecule has 2 N–H and O–H groups in total. The van der Waals surface area contributed by atoms with Crippen molar-refractivity contribution in [3.8, 4) is 0 Å². The Kier molecular flexibility index (Phi) is 5.28. The number of nitrogens with zero attached hydrogens (tertiary/aromatic N) is 2. The summed E-state index contributed by atoms with van der Waals surface area (Å²) in [5.41, 5.74) is 1.78. The van der Waals surface area contributed by atoms with E-state index in [-0.39, 0.29) is 30.7 Å². The van der Waals surface area contributed by atoms with Crippen LogP contribution < -0.4 is 5.32 Å². The molecule has 0 radical (unpaired) electrons. The Bertz CT molecular complexity index is 804. The molecule has 7 nitrogen and oxygen atoms in total. The fraction of sp³-hybridized carbons (Fsp3) is 0.294. The topological polar surface area (TPSA) is 95.2 Å². The number of aromatic amines is 1. The van der Waals surface area contributed by atoms with Gasteiger partial charge in [0.25, 0.3) is 11.8 Å². The summed E-state index contributed by atoms with van der Waals surface area (Å²) in [6.07, 6.45) is 4.69. The first-order valence-corrected chi connectivity index (χ1v) is 8.75. The van der Waals surface area contributed by atoms with Crippen molar-refractivity contribution in [2.24, 2.45) is 0 Å². The molecule has 1 aliphatic heterocycles. The van der Waals surface area contributed by atoms with Crippen LogP contribution in [0.5, 0.6) is 0 Å². The van der Waals surface area contributed by atoms with Crippen LogP contribution in [0.3, 0.4) is 0 Å². The van der Waals surface area contributed by atoms with E-state index >= 15 is 0 Å². The summed E-state index contributed by atoms with van der Waals surface area (Å²) in [6.45, 7) is 0.750. The second kappa shape index (κ2) is 7.60. The molecular formula is C17H17BrN4O3. The van der Waals surface area contributed by atoms with Gasteiger partial charge in [0.2, 0.25) is 5.91 Å². The van der Waals surface area contributed by atoms with Gasteiger partial charge in [0, 0.05) is 42.3 Å². The molecule has 0 unspecified atom stereocenters. The van der Waals surface area contributed by atoms with Crippen LogP contribution in [0.25, 0.3) is 0 Å². The SMILES string of the molecule is O=C(CCCN1C(=O)c2ccc(Br)cc2C1=O)NCCc1cnc[nH]1. The lowest BCUT2D eigenvalue weighted by atomic mass is 10.1. The number of hydrogen-bond acceptors (Lipinski definition) is 4. The van der Waals surface area contributed by atoms with E-state index in [2.05, 4.69) is 31.2 Å². The summed E-state index contributed by atoms with van der Waals surface area (Å²) in [5, 5.41) is 2.81. The fourth-order valence-electron chi connectivity index (χ4n) is 2.71. The maximum atomic E-state index is 12.3. The molecule has 0 atom stereocenters. The summed E-state index contributed by atoms with van der Waals surface area (Å²) < 4.78 is 0.755. The molecule has 1 aromatic heterocycles. The van der Waals surface area contributed by atoms with Crippen molar-refractivity contribution >= 4 is 33.7 Å². The molecule has 25 heavy (non-hydrogen) atoms. The minimum atomic E-state index is -0.305. The number of benzene rings is 1. The first-order chi connectivity index (χ1) is 12.1. The van der Waals surface area contributed by atoms with Crippen LogP contribution in [0.1, 0.15) is 39.3 Å². The Balaban J connectivity index is 1.44. The highest BCUT2D eigenvalue weighted by Gasteiger charge is 2.35. The average molecular weight is 405 g/mol. The van der Waals surface area contributed by atoms with Gasteiger partial charge in [0.05, 0.1) is 17.5 Å².